The van der Waals surface area contributed by atoms with E-state index in [1.165, 1.54) is 24.2 Å². The minimum atomic E-state index is -0.309. The minimum absolute atomic E-state index is 0.0490. The summed E-state index contributed by atoms with van der Waals surface area (Å²) in [7, 11) is 2.15. The van der Waals surface area contributed by atoms with Gasteiger partial charge in [-0.3, -0.25) is 4.79 Å². The highest BCUT2D eigenvalue weighted by Crippen LogP contribution is 2.31. The van der Waals surface area contributed by atoms with Gasteiger partial charge >= 0.3 is 5.69 Å². The molecule has 4 aromatic rings. The molecule has 1 unspecified atom stereocenters. The van der Waals surface area contributed by atoms with Crippen LogP contribution in [0.1, 0.15) is 47.3 Å². The number of nitrogens with zero attached hydrogens (tertiary/aromatic N) is 4. The Morgan fingerprint density at radius 2 is 2.16 bits per heavy atom. The summed E-state index contributed by atoms with van der Waals surface area (Å²) in [6, 6.07) is 4.86. The number of aromatic amines is 2. The van der Waals surface area contributed by atoms with Crippen molar-refractivity contribution in [2.24, 2.45) is 0 Å². The first kappa shape index (κ1) is 23.7. The normalized spacial score (nSPS) is 18.6. The Hall–Kier alpha value is -3.70. The zero-order valence-corrected chi connectivity index (χ0v) is 21.5. The van der Waals surface area contributed by atoms with Crippen LogP contribution in [0.5, 0.6) is 0 Å². The number of fused-ring (bicyclic) bond motifs is 1. The van der Waals surface area contributed by atoms with Crippen LogP contribution in [0.15, 0.2) is 28.5 Å². The van der Waals surface area contributed by atoms with E-state index in [-0.39, 0.29) is 11.6 Å². The number of thiophene rings is 1. The van der Waals surface area contributed by atoms with Crippen LogP contribution in [-0.4, -0.2) is 67.6 Å². The van der Waals surface area contributed by atoms with Gasteiger partial charge in [-0.1, -0.05) is 6.58 Å². The summed E-state index contributed by atoms with van der Waals surface area (Å²) in [5.41, 5.74) is 2.74. The molecule has 37 heavy (non-hydrogen) atoms. The molecule has 2 aliphatic rings. The van der Waals surface area contributed by atoms with E-state index >= 15 is 0 Å². The van der Waals surface area contributed by atoms with Gasteiger partial charge in [-0.05, 0) is 57.8 Å². The quantitative estimate of drug-likeness (QED) is 0.280. The Labute approximate surface area is 217 Å². The summed E-state index contributed by atoms with van der Waals surface area (Å²) in [5, 5.41) is 14.2. The van der Waals surface area contributed by atoms with Crippen molar-refractivity contribution >= 4 is 41.4 Å². The summed E-state index contributed by atoms with van der Waals surface area (Å²) in [6.07, 6.45) is 9.18. The van der Waals surface area contributed by atoms with E-state index in [2.05, 4.69) is 44.2 Å². The lowest BCUT2D eigenvalue weighted by molar-refractivity contribution is 0.0954. The number of H-pyrrole nitrogens is 2. The molecular formula is C26H30N8O2S. The Balaban J connectivity index is 1.28. The third kappa shape index (κ3) is 4.96. The van der Waals surface area contributed by atoms with Gasteiger partial charge in [0, 0.05) is 41.2 Å². The van der Waals surface area contributed by atoms with Gasteiger partial charge in [-0.25, -0.2) is 9.78 Å². The number of carbonyl (C=O) groups excluding carboxylic acids is 1. The van der Waals surface area contributed by atoms with Crippen LogP contribution in [0.4, 0.5) is 5.82 Å². The van der Waals surface area contributed by atoms with Gasteiger partial charge in [0.1, 0.15) is 5.82 Å². The molecule has 2 fully saturated rings. The van der Waals surface area contributed by atoms with Crippen molar-refractivity contribution in [3.05, 3.63) is 55.3 Å². The Kier molecular flexibility index (Phi) is 6.17. The molecule has 1 aliphatic heterocycles. The predicted octanol–water partition coefficient (Wildman–Crippen LogP) is 1.50. The lowest BCUT2D eigenvalue weighted by atomic mass is 10.1. The summed E-state index contributed by atoms with van der Waals surface area (Å²) < 4.78 is 1.78. The molecule has 1 atom stereocenters. The van der Waals surface area contributed by atoms with Crippen LogP contribution in [0, 0.1) is 0 Å². The maximum absolute atomic E-state index is 12.8. The second-order valence-corrected chi connectivity index (χ2v) is 10.8. The van der Waals surface area contributed by atoms with E-state index < -0.39 is 0 Å². The molecule has 1 saturated heterocycles. The topological polar surface area (TPSA) is 123 Å². The Morgan fingerprint density at radius 3 is 2.89 bits per heavy atom. The van der Waals surface area contributed by atoms with Crippen LogP contribution in [-0.2, 0) is 0 Å². The molecule has 1 aliphatic carbocycles. The lowest BCUT2D eigenvalue weighted by Gasteiger charge is -2.19. The second-order valence-electron chi connectivity index (χ2n) is 9.92. The van der Waals surface area contributed by atoms with Crippen molar-refractivity contribution in [1.29, 1.82) is 0 Å². The van der Waals surface area contributed by atoms with Crippen molar-refractivity contribution in [1.82, 2.24) is 34.8 Å². The maximum atomic E-state index is 12.8. The van der Waals surface area contributed by atoms with E-state index in [0.29, 0.717) is 39.9 Å². The molecule has 1 amide bonds. The SMILES string of the molecule is C=c1[nH]c(=O)[nH]/c1=C\c1cnn2c(NC3CC3)cc(-c3csc(C(=O)NCCC4CCCN4C)c3)nc12. The molecule has 0 radical (unpaired) electrons. The number of carbonyl (C=O) groups is 1. The fraction of sp³-hybridized carbons (Fsp3) is 0.385. The first-order valence-electron chi connectivity index (χ1n) is 12.7. The van der Waals surface area contributed by atoms with Crippen LogP contribution >= 0.6 is 11.3 Å². The number of likely N-dealkylation sites (tertiary alicyclic amines) is 1. The molecule has 11 heteroatoms. The molecule has 10 nitrogen and oxygen atoms in total. The van der Waals surface area contributed by atoms with Gasteiger partial charge in [0.25, 0.3) is 5.91 Å². The highest BCUT2D eigenvalue weighted by molar-refractivity contribution is 7.12. The minimum Gasteiger partial charge on any atom is -0.367 e. The average molecular weight is 519 g/mol. The van der Waals surface area contributed by atoms with E-state index in [1.807, 2.05) is 23.6 Å². The number of anilines is 1. The first-order chi connectivity index (χ1) is 17.9. The van der Waals surface area contributed by atoms with Gasteiger partial charge in [0.15, 0.2) is 5.65 Å². The van der Waals surface area contributed by atoms with Gasteiger partial charge in [0.05, 0.1) is 27.5 Å². The van der Waals surface area contributed by atoms with Crippen molar-refractivity contribution in [2.75, 3.05) is 25.5 Å². The molecule has 6 rings (SSSR count). The number of rotatable bonds is 8. The van der Waals surface area contributed by atoms with Crippen molar-refractivity contribution in [2.45, 2.75) is 44.2 Å². The molecule has 4 aromatic heterocycles. The molecule has 0 aromatic carbocycles. The summed E-state index contributed by atoms with van der Waals surface area (Å²) in [6.45, 7) is 5.69. The molecule has 0 spiro atoms. The average Bonchev–Trinajstić information content (AvgIpc) is 3.22. The third-order valence-corrected chi connectivity index (χ3v) is 8.05. The fourth-order valence-electron chi connectivity index (χ4n) is 4.85. The number of amides is 1. The highest BCUT2D eigenvalue weighted by atomic mass is 32.1. The van der Waals surface area contributed by atoms with E-state index in [4.69, 9.17) is 4.98 Å². The number of aromatic nitrogens is 5. The Morgan fingerprint density at radius 1 is 1.30 bits per heavy atom. The van der Waals surface area contributed by atoms with E-state index in [0.717, 1.165) is 48.4 Å². The van der Waals surface area contributed by atoms with Crippen LogP contribution in [0.25, 0.3) is 29.6 Å². The molecule has 5 heterocycles. The van der Waals surface area contributed by atoms with Gasteiger partial charge in [0.2, 0.25) is 0 Å². The zero-order valence-electron chi connectivity index (χ0n) is 20.7. The standard InChI is InChI=1S/C26H30N8O2S/c1-15-20(32-26(36)29-15)10-16-13-28-34-23(30-18-5-6-18)12-21(31-24(16)34)17-11-22(37-14-17)25(35)27-8-7-19-4-3-9-33(19)2/h10-14,18-19,30H,1,3-9H2,2H3,(H,27,35)(H2,29,32,36)/b20-10-. The van der Waals surface area contributed by atoms with Crippen LogP contribution in [0.3, 0.4) is 0 Å². The van der Waals surface area contributed by atoms with Crippen molar-refractivity contribution in [3.63, 3.8) is 0 Å². The van der Waals surface area contributed by atoms with Crippen LogP contribution < -0.4 is 27.0 Å². The second kappa shape index (κ2) is 9.64. The summed E-state index contributed by atoms with van der Waals surface area (Å²) in [5.74, 6) is 0.796. The van der Waals surface area contributed by atoms with Gasteiger partial charge in [-0.2, -0.15) is 9.61 Å². The van der Waals surface area contributed by atoms with Crippen molar-refractivity contribution in [3.8, 4) is 11.3 Å². The number of hydrogen-bond acceptors (Lipinski definition) is 7. The fourth-order valence-corrected chi connectivity index (χ4v) is 5.67. The molecule has 4 N–H and O–H groups in total. The van der Waals surface area contributed by atoms with Gasteiger partial charge in [-0.15, -0.1) is 11.3 Å². The number of hydrogen-bond donors (Lipinski definition) is 4. The summed E-state index contributed by atoms with van der Waals surface area (Å²) in [4.78, 5) is 37.8. The summed E-state index contributed by atoms with van der Waals surface area (Å²) >= 11 is 1.42. The largest absolute Gasteiger partial charge is 0.367 e. The molecule has 1 saturated carbocycles. The first-order valence-corrected chi connectivity index (χ1v) is 13.5. The van der Waals surface area contributed by atoms with Crippen LogP contribution in [0.2, 0.25) is 0 Å². The molecule has 192 valence electrons. The monoisotopic (exact) mass is 518 g/mol. The zero-order chi connectivity index (χ0) is 25.5. The smallest absolute Gasteiger partial charge is 0.323 e. The maximum Gasteiger partial charge on any atom is 0.323 e. The third-order valence-electron chi connectivity index (χ3n) is 7.12. The van der Waals surface area contributed by atoms with E-state index in [9.17, 15) is 9.59 Å². The van der Waals surface area contributed by atoms with E-state index in [1.54, 1.807) is 10.7 Å². The molecule has 0 bridgehead atoms. The number of nitrogens with one attached hydrogen (secondary N) is 4. The lowest BCUT2D eigenvalue weighted by Crippen LogP contribution is -2.31. The Bertz CT molecular complexity index is 1630. The molecular weight excluding hydrogens is 488 g/mol. The highest BCUT2D eigenvalue weighted by Gasteiger charge is 2.24. The van der Waals surface area contributed by atoms with Crippen molar-refractivity contribution < 1.29 is 4.79 Å². The predicted molar refractivity (Wildman–Crippen MR) is 145 cm³/mol. The van der Waals surface area contributed by atoms with Gasteiger partial charge < -0.3 is 25.5 Å². The number of imidazole rings is 1.